The van der Waals surface area contributed by atoms with Gasteiger partial charge in [-0.3, -0.25) is 9.36 Å². The summed E-state index contributed by atoms with van der Waals surface area (Å²) < 4.78 is 7.24. The lowest BCUT2D eigenvalue weighted by molar-refractivity contribution is -0.121. The molecule has 1 aliphatic carbocycles. The van der Waals surface area contributed by atoms with Crippen LogP contribution in [0.1, 0.15) is 39.0 Å². The molecule has 1 aromatic heterocycles. The molecule has 1 heterocycles. The minimum atomic E-state index is -0.308. The van der Waals surface area contributed by atoms with Crippen LogP contribution in [0.3, 0.4) is 0 Å². The summed E-state index contributed by atoms with van der Waals surface area (Å²) in [7, 11) is 1.64. The Hall–Kier alpha value is -2.51. The number of rotatable bonds is 7. The van der Waals surface area contributed by atoms with E-state index in [4.69, 9.17) is 16.3 Å². The maximum Gasteiger partial charge on any atom is 0.233 e. The first-order valence-corrected chi connectivity index (χ1v) is 12.1. The largest absolute Gasteiger partial charge is 0.497 e. The Morgan fingerprint density at radius 3 is 2.53 bits per heavy atom. The minimum absolute atomic E-state index is 0.0328. The highest BCUT2D eigenvalue weighted by atomic mass is 35.5. The second-order valence-electron chi connectivity index (χ2n) is 7.92. The summed E-state index contributed by atoms with van der Waals surface area (Å²) in [6.45, 7) is 1.91. The summed E-state index contributed by atoms with van der Waals surface area (Å²) in [5.41, 5.74) is 1.65. The van der Waals surface area contributed by atoms with E-state index >= 15 is 0 Å². The predicted molar refractivity (Wildman–Crippen MR) is 129 cm³/mol. The Morgan fingerprint density at radius 2 is 1.84 bits per heavy atom. The van der Waals surface area contributed by atoms with Gasteiger partial charge in [0.05, 0.1) is 17.4 Å². The van der Waals surface area contributed by atoms with Gasteiger partial charge >= 0.3 is 0 Å². The van der Waals surface area contributed by atoms with E-state index in [9.17, 15) is 4.79 Å². The van der Waals surface area contributed by atoms with Crippen molar-refractivity contribution in [2.45, 2.75) is 55.5 Å². The second kappa shape index (κ2) is 10.4. The highest BCUT2D eigenvalue weighted by molar-refractivity contribution is 8.00. The first-order valence-electron chi connectivity index (χ1n) is 10.9. The van der Waals surface area contributed by atoms with Crippen molar-refractivity contribution in [2.75, 3.05) is 7.11 Å². The van der Waals surface area contributed by atoms with Crippen LogP contribution in [0.2, 0.25) is 5.02 Å². The van der Waals surface area contributed by atoms with Gasteiger partial charge in [-0.25, -0.2) is 0 Å². The van der Waals surface area contributed by atoms with Gasteiger partial charge in [-0.1, -0.05) is 54.8 Å². The lowest BCUT2D eigenvalue weighted by atomic mass is 9.95. The molecule has 1 unspecified atom stereocenters. The zero-order chi connectivity index (χ0) is 22.5. The van der Waals surface area contributed by atoms with E-state index in [1.807, 2.05) is 60.0 Å². The Bertz CT molecular complexity index is 1060. The number of ether oxygens (including phenoxy) is 1. The average Bonchev–Trinajstić information content (AvgIpc) is 3.23. The normalized spacial score (nSPS) is 15.3. The van der Waals surface area contributed by atoms with Gasteiger partial charge in [-0.2, -0.15) is 0 Å². The fraction of sp³-hybridized carbons (Fsp3) is 0.375. The van der Waals surface area contributed by atoms with Crippen LogP contribution in [0.25, 0.3) is 17.1 Å². The topological polar surface area (TPSA) is 69.0 Å². The Balaban J connectivity index is 1.64. The molecule has 0 bridgehead atoms. The molecule has 1 atom stereocenters. The quantitative estimate of drug-likeness (QED) is 0.460. The maximum atomic E-state index is 12.9. The van der Waals surface area contributed by atoms with Gasteiger partial charge in [0, 0.05) is 17.3 Å². The molecule has 1 saturated carbocycles. The second-order valence-corrected chi connectivity index (χ2v) is 9.64. The standard InChI is InChI=1S/C24H27ClN4O2S/c1-16(23(30)26-17-8-4-3-5-9-17)32-24-28-27-22(20-10-6-7-11-21(20)25)29(24)18-12-14-19(31-2)15-13-18/h6-7,10-17H,3-5,8-9H2,1-2H3,(H,26,30). The average molecular weight is 471 g/mol. The van der Waals surface area contributed by atoms with Crippen molar-refractivity contribution in [3.63, 3.8) is 0 Å². The number of amides is 1. The van der Waals surface area contributed by atoms with Crippen molar-refractivity contribution in [3.8, 4) is 22.8 Å². The molecule has 6 nitrogen and oxygen atoms in total. The Morgan fingerprint density at radius 1 is 1.12 bits per heavy atom. The fourth-order valence-electron chi connectivity index (χ4n) is 3.90. The summed E-state index contributed by atoms with van der Waals surface area (Å²) in [4.78, 5) is 12.9. The molecule has 2 aromatic carbocycles. The Labute approximate surface area is 197 Å². The number of nitrogens with zero attached hydrogens (tertiary/aromatic N) is 3. The van der Waals surface area contributed by atoms with E-state index in [0.717, 1.165) is 29.8 Å². The lowest BCUT2D eigenvalue weighted by Gasteiger charge is -2.24. The molecular formula is C24H27ClN4O2S. The molecule has 8 heteroatoms. The summed E-state index contributed by atoms with van der Waals surface area (Å²) >= 11 is 7.86. The monoisotopic (exact) mass is 470 g/mol. The van der Waals surface area contributed by atoms with E-state index in [1.165, 1.54) is 31.0 Å². The molecule has 0 aliphatic heterocycles. The van der Waals surface area contributed by atoms with E-state index in [0.29, 0.717) is 16.0 Å². The van der Waals surface area contributed by atoms with Gasteiger partial charge in [-0.05, 0) is 56.2 Å². The number of hydrogen-bond donors (Lipinski definition) is 1. The number of carbonyl (C=O) groups excluding carboxylic acids is 1. The van der Waals surface area contributed by atoms with Crippen molar-refractivity contribution in [1.82, 2.24) is 20.1 Å². The minimum Gasteiger partial charge on any atom is -0.497 e. The third-order valence-electron chi connectivity index (χ3n) is 5.68. The number of thioether (sulfide) groups is 1. The van der Waals surface area contributed by atoms with Crippen molar-refractivity contribution in [2.24, 2.45) is 0 Å². The summed E-state index contributed by atoms with van der Waals surface area (Å²) in [6, 6.07) is 15.5. The molecule has 0 spiro atoms. The first-order chi connectivity index (χ1) is 15.6. The molecule has 3 aromatic rings. The van der Waals surface area contributed by atoms with Gasteiger partial charge in [0.2, 0.25) is 5.91 Å². The van der Waals surface area contributed by atoms with Crippen LogP contribution in [-0.4, -0.2) is 39.1 Å². The highest BCUT2D eigenvalue weighted by Gasteiger charge is 2.24. The van der Waals surface area contributed by atoms with Crippen molar-refractivity contribution in [1.29, 1.82) is 0 Å². The predicted octanol–water partition coefficient (Wildman–Crippen LogP) is 5.53. The maximum absolute atomic E-state index is 12.9. The fourth-order valence-corrected chi connectivity index (χ4v) is 5.00. The molecule has 4 rings (SSSR count). The van der Waals surface area contributed by atoms with Gasteiger partial charge in [0.15, 0.2) is 11.0 Å². The van der Waals surface area contributed by atoms with Crippen LogP contribution >= 0.6 is 23.4 Å². The molecule has 1 N–H and O–H groups in total. The van der Waals surface area contributed by atoms with Crippen LogP contribution in [-0.2, 0) is 4.79 Å². The number of hydrogen-bond acceptors (Lipinski definition) is 5. The third-order valence-corrected chi connectivity index (χ3v) is 7.05. The molecular weight excluding hydrogens is 444 g/mol. The zero-order valence-electron chi connectivity index (χ0n) is 18.3. The van der Waals surface area contributed by atoms with Crippen molar-refractivity contribution >= 4 is 29.3 Å². The Kier molecular flexibility index (Phi) is 7.37. The number of halogens is 1. The van der Waals surface area contributed by atoms with Gasteiger partial charge in [-0.15, -0.1) is 10.2 Å². The van der Waals surface area contributed by atoms with Crippen LogP contribution in [0, 0.1) is 0 Å². The van der Waals surface area contributed by atoms with Crippen LogP contribution in [0.15, 0.2) is 53.7 Å². The first kappa shape index (κ1) is 22.7. The molecule has 32 heavy (non-hydrogen) atoms. The third kappa shape index (κ3) is 5.10. The summed E-state index contributed by atoms with van der Waals surface area (Å²) in [6.07, 6.45) is 5.73. The smallest absolute Gasteiger partial charge is 0.233 e. The summed E-state index contributed by atoms with van der Waals surface area (Å²) in [5.74, 6) is 1.42. The number of methoxy groups -OCH3 is 1. The molecule has 1 fully saturated rings. The van der Waals surface area contributed by atoms with Crippen molar-refractivity contribution in [3.05, 3.63) is 53.6 Å². The lowest BCUT2D eigenvalue weighted by Crippen LogP contribution is -2.40. The summed E-state index contributed by atoms with van der Waals surface area (Å²) in [5, 5.41) is 13.0. The number of nitrogens with one attached hydrogen (secondary N) is 1. The molecule has 1 amide bonds. The number of aromatic nitrogens is 3. The van der Waals surface area contributed by atoms with Crippen LogP contribution in [0.5, 0.6) is 5.75 Å². The van der Waals surface area contributed by atoms with E-state index in [1.54, 1.807) is 7.11 Å². The molecule has 0 saturated heterocycles. The van der Waals surface area contributed by atoms with Crippen molar-refractivity contribution < 1.29 is 9.53 Å². The highest BCUT2D eigenvalue weighted by Crippen LogP contribution is 2.33. The van der Waals surface area contributed by atoms with E-state index in [2.05, 4.69) is 15.5 Å². The van der Waals surface area contributed by atoms with E-state index < -0.39 is 0 Å². The number of carbonyl (C=O) groups is 1. The molecule has 0 radical (unpaired) electrons. The van der Waals surface area contributed by atoms with Crippen LogP contribution in [0.4, 0.5) is 0 Å². The van der Waals surface area contributed by atoms with Gasteiger partial charge in [0.1, 0.15) is 5.75 Å². The zero-order valence-corrected chi connectivity index (χ0v) is 19.8. The molecule has 1 aliphatic rings. The number of benzene rings is 2. The SMILES string of the molecule is COc1ccc(-n2c(SC(C)C(=O)NC3CCCCC3)nnc2-c2ccccc2Cl)cc1. The molecule has 168 valence electrons. The van der Waals surface area contributed by atoms with Crippen LogP contribution < -0.4 is 10.1 Å². The van der Waals surface area contributed by atoms with Gasteiger partial charge < -0.3 is 10.1 Å². The van der Waals surface area contributed by atoms with Gasteiger partial charge in [0.25, 0.3) is 0 Å². The van der Waals surface area contributed by atoms with E-state index in [-0.39, 0.29) is 17.2 Å².